The summed E-state index contributed by atoms with van der Waals surface area (Å²) in [6.45, 7) is 1.89. The van der Waals surface area contributed by atoms with E-state index < -0.39 is 6.09 Å². The number of rotatable bonds is 3. The molecule has 0 spiro atoms. The predicted octanol–water partition coefficient (Wildman–Crippen LogP) is 0.241. The van der Waals surface area contributed by atoms with Crippen molar-refractivity contribution in [2.24, 2.45) is 11.7 Å². The minimum absolute atomic E-state index is 0.118. The van der Waals surface area contributed by atoms with E-state index in [-0.39, 0.29) is 18.1 Å². The Morgan fingerprint density at radius 1 is 1.91 bits per heavy atom. The Hall–Kier alpha value is -0.770. The summed E-state index contributed by atoms with van der Waals surface area (Å²) in [6, 6.07) is 0. The molecule has 1 aliphatic rings. The molecule has 11 heavy (non-hydrogen) atoms. The van der Waals surface area contributed by atoms with Crippen LogP contribution in [0.15, 0.2) is 0 Å². The molecule has 4 heteroatoms. The lowest BCUT2D eigenvalue weighted by Gasteiger charge is -2.05. The predicted molar refractivity (Wildman–Crippen MR) is 38.9 cm³/mol. The molecule has 0 heterocycles. The van der Waals surface area contributed by atoms with Crippen LogP contribution in [0.2, 0.25) is 0 Å². The molecule has 64 valence electrons. The van der Waals surface area contributed by atoms with Gasteiger partial charge in [0.05, 0.1) is 6.10 Å². The molecule has 3 N–H and O–H groups in total. The molecule has 4 nitrogen and oxygen atoms in total. The summed E-state index contributed by atoms with van der Waals surface area (Å²) in [4.78, 5) is 10.2. The number of aliphatic hydroxyl groups excluding tert-OH is 1. The van der Waals surface area contributed by atoms with E-state index in [0.717, 1.165) is 6.42 Å². The van der Waals surface area contributed by atoms with Crippen molar-refractivity contribution >= 4 is 6.09 Å². The number of carbonyl (C=O) groups is 1. The fourth-order valence-electron chi connectivity index (χ4n) is 1.18. The van der Waals surface area contributed by atoms with E-state index in [4.69, 9.17) is 5.73 Å². The molecule has 1 amide bonds. The fraction of sp³-hybridized carbons (Fsp3) is 0.857. The highest BCUT2D eigenvalue weighted by Crippen LogP contribution is 2.37. The van der Waals surface area contributed by atoms with Gasteiger partial charge in [0.2, 0.25) is 0 Å². The van der Waals surface area contributed by atoms with Crippen molar-refractivity contribution in [1.82, 2.24) is 0 Å². The number of ether oxygens (including phenoxy) is 1. The molecule has 0 aromatic heterocycles. The maximum Gasteiger partial charge on any atom is 0.404 e. The Kier molecular flexibility index (Phi) is 2.34. The van der Waals surface area contributed by atoms with Gasteiger partial charge in [0.15, 0.2) is 0 Å². The summed E-state index contributed by atoms with van der Waals surface area (Å²) < 4.78 is 4.68. The summed E-state index contributed by atoms with van der Waals surface area (Å²) in [6.07, 6.45) is 0.212. The summed E-state index contributed by atoms with van der Waals surface area (Å²) >= 11 is 0. The van der Waals surface area contributed by atoms with Crippen LogP contribution in [0.25, 0.3) is 0 Å². The largest absolute Gasteiger partial charge is 0.446 e. The van der Waals surface area contributed by atoms with Crippen molar-refractivity contribution in [2.75, 3.05) is 0 Å². The van der Waals surface area contributed by atoms with Gasteiger partial charge in [0.1, 0.15) is 6.10 Å². The quantitative estimate of drug-likeness (QED) is 0.619. The van der Waals surface area contributed by atoms with Gasteiger partial charge >= 0.3 is 6.09 Å². The maximum absolute atomic E-state index is 10.2. The van der Waals surface area contributed by atoms with Crippen molar-refractivity contribution in [3.8, 4) is 0 Å². The molecule has 1 saturated carbocycles. The first kappa shape index (κ1) is 8.33. The van der Waals surface area contributed by atoms with Crippen molar-refractivity contribution < 1.29 is 14.6 Å². The topological polar surface area (TPSA) is 72.6 Å². The molecule has 0 aromatic carbocycles. The molecule has 0 bridgehead atoms. The van der Waals surface area contributed by atoms with E-state index >= 15 is 0 Å². The van der Waals surface area contributed by atoms with Gasteiger partial charge in [0, 0.05) is 5.92 Å². The molecule has 1 aliphatic carbocycles. The van der Waals surface area contributed by atoms with Crippen LogP contribution in [0.1, 0.15) is 19.8 Å². The lowest BCUT2D eigenvalue weighted by atomic mass is 10.2. The Morgan fingerprint density at radius 3 is 3.00 bits per heavy atom. The molecular weight excluding hydrogens is 146 g/mol. The Bertz CT molecular complexity index is 160. The van der Waals surface area contributed by atoms with Gasteiger partial charge in [-0.15, -0.1) is 0 Å². The van der Waals surface area contributed by atoms with Crippen LogP contribution in [0, 0.1) is 5.92 Å². The number of aliphatic hydroxyl groups is 1. The SMILES string of the molecule is CCC(O)[C@H]1CC1OC(N)=O. The van der Waals surface area contributed by atoms with Crippen LogP contribution >= 0.6 is 0 Å². The fourth-order valence-corrected chi connectivity index (χ4v) is 1.18. The van der Waals surface area contributed by atoms with Gasteiger partial charge < -0.3 is 15.6 Å². The second-order valence-corrected chi connectivity index (χ2v) is 2.85. The number of hydrogen-bond donors (Lipinski definition) is 2. The Balaban J connectivity index is 2.20. The second-order valence-electron chi connectivity index (χ2n) is 2.85. The van der Waals surface area contributed by atoms with Crippen molar-refractivity contribution in [3.63, 3.8) is 0 Å². The molecule has 2 unspecified atom stereocenters. The van der Waals surface area contributed by atoms with Gasteiger partial charge in [-0.1, -0.05) is 6.92 Å². The normalized spacial score (nSPS) is 31.1. The molecular formula is C7H13NO3. The zero-order valence-electron chi connectivity index (χ0n) is 6.49. The van der Waals surface area contributed by atoms with E-state index in [0.29, 0.717) is 6.42 Å². The molecule has 1 rings (SSSR count). The Morgan fingerprint density at radius 2 is 2.55 bits per heavy atom. The third kappa shape index (κ3) is 2.08. The van der Waals surface area contributed by atoms with Gasteiger partial charge in [-0.25, -0.2) is 4.79 Å². The van der Waals surface area contributed by atoms with Crippen molar-refractivity contribution in [3.05, 3.63) is 0 Å². The summed E-state index contributed by atoms with van der Waals surface area (Å²) in [5, 5.41) is 9.25. The van der Waals surface area contributed by atoms with Crippen LogP contribution in [0.4, 0.5) is 4.79 Å². The maximum atomic E-state index is 10.2. The van der Waals surface area contributed by atoms with Gasteiger partial charge in [-0.3, -0.25) is 0 Å². The minimum atomic E-state index is -0.749. The first-order valence-electron chi connectivity index (χ1n) is 3.79. The first-order chi connectivity index (χ1) is 5.15. The monoisotopic (exact) mass is 159 g/mol. The van der Waals surface area contributed by atoms with Crippen LogP contribution in [-0.2, 0) is 4.74 Å². The lowest BCUT2D eigenvalue weighted by molar-refractivity contribution is 0.102. The van der Waals surface area contributed by atoms with Crippen LogP contribution in [0.5, 0.6) is 0 Å². The summed E-state index contributed by atoms with van der Waals surface area (Å²) in [7, 11) is 0. The molecule has 0 aliphatic heterocycles. The van der Waals surface area contributed by atoms with Crippen LogP contribution in [-0.4, -0.2) is 23.4 Å². The van der Waals surface area contributed by atoms with E-state index in [1.54, 1.807) is 0 Å². The zero-order valence-corrected chi connectivity index (χ0v) is 6.49. The lowest BCUT2D eigenvalue weighted by Crippen LogP contribution is -2.18. The number of primary amides is 1. The van der Waals surface area contributed by atoms with Crippen molar-refractivity contribution in [1.29, 1.82) is 0 Å². The zero-order chi connectivity index (χ0) is 8.43. The standard InChI is InChI=1S/C7H13NO3/c1-2-5(9)4-3-6(4)11-7(8)10/h4-6,9H,2-3H2,1H3,(H2,8,10)/t4-,5?,6?/m1/s1. The number of carbonyl (C=O) groups excluding carboxylic acids is 1. The molecule has 3 atom stereocenters. The minimum Gasteiger partial charge on any atom is -0.446 e. The van der Waals surface area contributed by atoms with E-state index in [2.05, 4.69) is 4.74 Å². The second kappa shape index (κ2) is 3.09. The number of hydrogen-bond acceptors (Lipinski definition) is 3. The average molecular weight is 159 g/mol. The first-order valence-corrected chi connectivity index (χ1v) is 3.79. The van der Waals surface area contributed by atoms with Crippen LogP contribution < -0.4 is 5.73 Å². The molecule has 0 radical (unpaired) electrons. The molecule has 1 fully saturated rings. The highest BCUT2D eigenvalue weighted by Gasteiger charge is 2.44. The number of amides is 1. The number of nitrogens with two attached hydrogens (primary N) is 1. The molecule has 0 aromatic rings. The van der Waals surface area contributed by atoms with E-state index in [1.807, 2.05) is 6.92 Å². The third-order valence-corrected chi connectivity index (χ3v) is 1.96. The summed E-state index contributed by atoms with van der Waals surface area (Å²) in [5.74, 6) is 0.118. The smallest absolute Gasteiger partial charge is 0.404 e. The highest BCUT2D eigenvalue weighted by atomic mass is 16.6. The third-order valence-electron chi connectivity index (χ3n) is 1.96. The Labute approximate surface area is 65.3 Å². The van der Waals surface area contributed by atoms with E-state index in [1.165, 1.54) is 0 Å². The van der Waals surface area contributed by atoms with Gasteiger partial charge in [-0.2, -0.15) is 0 Å². The van der Waals surface area contributed by atoms with Gasteiger partial charge in [0.25, 0.3) is 0 Å². The van der Waals surface area contributed by atoms with Gasteiger partial charge in [-0.05, 0) is 12.8 Å². The van der Waals surface area contributed by atoms with E-state index in [9.17, 15) is 9.90 Å². The van der Waals surface area contributed by atoms with Crippen LogP contribution in [0.3, 0.4) is 0 Å². The molecule has 0 saturated heterocycles. The van der Waals surface area contributed by atoms with Crippen molar-refractivity contribution in [2.45, 2.75) is 32.0 Å². The average Bonchev–Trinajstić information content (AvgIpc) is 2.65. The highest BCUT2D eigenvalue weighted by molar-refractivity contribution is 5.65. The summed E-state index contributed by atoms with van der Waals surface area (Å²) in [5.41, 5.74) is 4.79.